The Morgan fingerprint density at radius 2 is 1.89 bits per heavy atom. The number of aromatic nitrogens is 2. The molecule has 0 fully saturated rings. The van der Waals surface area contributed by atoms with Gasteiger partial charge in [-0.25, -0.2) is 4.98 Å². The zero-order valence-corrected chi connectivity index (χ0v) is 15.5. The molecule has 2 N–H and O–H groups in total. The number of methoxy groups -OCH3 is 1. The Labute approximate surface area is 158 Å². The maximum Gasteiger partial charge on any atom is 0.275 e. The van der Waals surface area contributed by atoms with Gasteiger partial charge < -0.3 is 15.4 Å². The van der Waals surface area contributed by atoms with Crippen molar-refractivity contribution < 1.29 is 14.3 Å². The number of imidazole rings is 1. The van der Waals surface area contributed by atoms with Crippen LogP contribution in [0.3, 0.4) is 0 Å². The van der Waals surface area contributed by atoms with Crippen molar-refractivity contribution in [1.82, 2.24) is 14.7 Å². The number of amides is 2. The summed E-state index contributed by atoms with van der Waals surface area (Å²) in [7, 11) is 3.20. The van der Waals surface area contributed by atoms with Crippen molar-refractivity contribution in [3.63, 3.8) is 0 Å². The van der Waals surface area contributed by atoms with Gasteiger partial charge in [-0.3, -0.25) is 14.0 Å². The molecule has 4 rings (SSSR count). The number of hydrogen-bond acceptors (Lipinski definition) is 5. The van der Waals surface area contributed by atoms with E-state index in [2.05, 4.69) is 15.6 Å². The first-order chi connectivity index (χ1) is 13.1. The summed E-state index contributed by atoms with van der Waals surface area (Å²) in [6, 6.07) is 12.4. The Kier molecular flexibility index (Phi) is 4.25. The highest BCUT2D eigenvalue weighted by atomic mass is 32.1. The monoisotopic (exact) mass is 380 g/mol. The highest BCUT2D eigenvalue weighted by Gasteiger charge is 2.15. The van der Waals surface area contributed by atoms with E-state index >= 15 is 0 Å². The second kappa shape index (κ2) is 6.73. The van der Waals surface area contributed by atoms with Crippen molar-refractivity contribution in [2.24, 2.45) is 0 Å². The van der Waals surface area contributed by atoms with Crippen LogP contribution in [0.2, 0.25) is 0 Å². The Balaban J connectivity index is 1.58. The molecule has 2 aromatic heterocycles. The van der Waals surface area contributed by atoms with Crippen molar-refractivity contribution >= 4 is 44.0 Å². The molecule has 27 heavy (non-hydrogen) atoms. The standard InChI is InChI=1S/C19H16N4O3S/c1-20-17(24)11-3-5-12(6-4-11)21-18(25)14-10-23-15-8-7-13(26-2)9-16(15)27-19(23)22-14/h3-10H,1-2H3,(H,20,24)(H,21,25). The summed E-state index contributed by atoms with van der Waals surface area (Å²) in [4.78, 5) is 29.2. The summed E-state index contributed by atoms with van der Waals surface area (Å²) >= 11 is 1.49. The van der Waals surface area contributed by atoms with Crippen molar-refractivity contribution in [3.05, 3.63) is 59.9 Å². The molecule has 0 aliphatic heterocycles. The van der Waals surface area contributed by atoms with Gasteiger partial charge >= 0.3 is 0 Å². The molecule has 0 aliphatic rings. The smallest absolute Gasteiger partial charge is 0.275 e. The fraction of sp³-hybridized carbons (Fsp3) is 0.105. The van der Waals surface area contributed by atoms with E-state index < -0.39 is 0 Å². The van der Waals surface area contributed by atoms with Crippen molar-refractivity contribution in [2.75, 3.05) is 19.5 Å². The number of fused-ring (bicyclic) bond motifs is 3. The number of ether oxygens (including phenoxy) is 1. The van der Waals surface area contributed by atoms with Crippen LogP contribution in [0.4, 0.5) is 5.69 Å². The Morgan fingerprint density at radius 1 is 1.11 bits per heavy atom. The topological polar surface area (TPSA) is 84.7 Å². The fourth-order valence-corrected chi connectivity index (χ4v) is 3.80. The van der Waals surface area contributed by atoms with Crippen molar-refractivity contribution in [3.8, 4) is 5.75 Å². The van der Waals surface area contributed by atoms with E-state index in [1.807, 2.05) is 22.6 Å². The molecule has 0 saturated heterocycles. The third kappa shape index (κ3) is 3.11. The molecule has 2 aromatic carbocycles. The quantitative estimate of drug-likeness (QED) is 0.570. The molecule has 0 saturated carbocycles. The number of carbonyl (C=O) groups excluding carboxylic acids is 2. The average molecular weight is 380 g/mol. The Hall–Kier alpha value is -3.39. The van der Waals surface area contributed by atoms with Gasteiger partial charge in [-0.05, 0) is 42.5 Å². The van der Waals surface area contributed by atoms with Crippen LogP contribution < -0.4 is 15.4 Å². The van der Waals surface area contributed by atoms with Crippen LogP contribution >= 0.6 is 11.3 Å². The van der Waals surface area contributed by atoms with E-state index in [4.69, 9.17) is 4.74 Å². The molecular formula is C19H16N4O3S. The zero-order chi connectivity index (χ0) is 19.0. The van der Waals surface area contributed by atoms with Gasteiger partial charge in [0.15, 0.2) is 4.96 Å². The molecule has 0 radical (unpaired) electrons. The normalized spacial score (nSPS) is 10.9. The molecule has 4 aromatic rings. The van der Waals surface area contributed by atoms with Crippen LogP contribution in [0.25, 0.3) is 15.2 Å². The highest BCUT2D eigenvalue weighted by molar-refractivity contribution is 7.23. The van der Waals surface area contributed by atoms with E-state index in [0.29, 0.717) is 16.9 Å². The van der Waals surface area contributed by atoms with Gasteiger partial charge in [0.1, 0.15) is 11.4 Å². The summed E-state index contributed by atoms with van der Waals surface area (Å²) in [5.41, 5.74) is 2.42. The third-order valence-corrected chi connectivity index (χ3v) is 5.18. The van der Waals surface area contributed by atoms with E-state index in [-0.39, 0.29) is 11.8 Å². The van der Waals surface area contributed by atoms with E-state index in [1.165, 1.54) is 11.3 Å². The van der Waals surface area contributed by atoms with Crippen LogP contribution in [-0.4, -0.2) is 35.4 Å². The number of hydrogen-bond donors (Lipinski definition) is 2. The molecule has 8 heteroatoms. The minimum Gasteiger partial charge on any atom is -0.497 e. The minimum absolute atomic E-state index is 0.175. The molecular weight excluding hydrogens is 364 g/mol. The molecule has 136 valence electrons. The van der Waals surface area contributed by atoms with Crippen LogP contribution in [-0.2, 0) is 0 Å². The van der Waals surface area contributed by atoms with Gasteiger partial charge in [0.25, 0.3) is 11.8 Å². The SMILES string of the molecule is CNC(=O)c1ccc(NC(=O)c2cn3c(n2)sc2cc(OC)ccc23)cc1. The van der Waals surface area contributed by atoms with E-state index in [0.717, 1.165) is 20.9 Å². The number of nitrogens with zero attached hydrogens (tertiary/aromatic N) is 2. The van der Waals surface area contributed by atoms with Gasteiger partial charge in [0.05, 0.1) is 17.3 Å². The third-order valence-electron chi connectivity index (χ3n) is 4.17. The van der Waals surface area contributed by atoms with Gasteiger partial charge in [0, 0.05) is 24.5 Å². The Bertz CT molecular complexity index is 1160. The molecule has 0 unspecified atom stereocenters. The minimum atomic E-state index is -0.305. The first kappa shape index (κ1) is 17.0. The maximum atomic E-state index is 12.5. The number of benzene rings is 2. The maximum absolute atomic E-state index is 12.5. The molecule has 0 bridgehead atoms. The lowest BCUT2D eigenvalue weighted by molar-refractivity contribution is 0.0962. The van der Waals surface area contributed by atoms with Gasteiger partial charge in [-0.15, -0.1) is 0 Å². The van der Waals surface area contributed by atoms with E-state index in [1.54, 1.807) is 44.6 Å². The number of anilines is 1. The number of nitrogens with one attached hydrogen (secondary N) is 2. The predicted octanol–water partition coefficient (Wildman–Crippen LogP) is 3.17. The zero-order valence-electron chi connectivity index (χ0n) is 14.6. The van der Waals surface area contributed by atoms with Gasteiger partial charge in [-0.2, -0.15) is 0 Å². The summed E-state index contributed by atoms with van der Waals surface area (Å²) in [5, 5.41) is 5.35. The molecule has 0 spiro atoms. The summed E-state index contributed by atoms with van der Waals surface area (Å²) in [6.07, 6.45) is 1.72. The summed E-state index contributed by atoms with van der Waals surface area (Å²) in [5.74, 6) is 0.302. The molecule has 0 atom stereocenters. The van der Waals surface area contributed by atoms with Crippen LogP contribution in [0.15, 0.2) is 48.7 Å². The second-order valence-electron chi connectivity index (χ2n) is 5.83. The fourth-order valence-electron chi connectivity index (χ4n) is 2.76. The lowest BCUT2D eigenvalue weighted by atomic mass is 10.2. The lowest BCUT2D eigenvalue weighted by Crippen LogP contribution is -2.18. The average Bonchev–Trinajstić information content (AvgIpc) is 3.25. The number of rotatable bonds is 4. The summed E-state index contributed by atoms with van der Waals surface area (Å²) in [6.45, 7) is 0. The van der Waals surface area contributed by atoms with Gasteiger partial charge in [-0.1, -0.05) is 11.3 Å². The van der Waals surface area contributed by atoms with Crippen molar-refractivity contribution in [1.29, 1.82) is 0 Å². The number of thiazole rings is 1. The lowest BCUT2D eigenvalue weighted by Gasteiger charge is -2.04. The molecule has 0 aliphatic carbocycles. The van der Waals surface area contributed by atoms with Crippen molar-refractivity contribution in [2.45, 2.75) is 0 Å². The largest absolute Gasteiger partial charge is 0.497 e. The number of carbonyl (C=O) groups is 2. The van der Waals surface area contributed by atoms with Crippen LogP contribution in [0.5, 0.6) is 5.75 Å². The first-order valence-corrected chi connectivity index (χ1v) is 9.00. The highest BCUT2D eigenvalue weighted by Crippen LogP contribution is 2.29. The Morgan fingerprint density at radius 3 is 2.59 bits per heavy atom. The van der Waals surface area contributed by atoms with E-state index in [9.17, 15) is 9.59 Å². The van der Waals surface area contributed by atoms with Crippen LogP contribution in [0.1, 0.15) is 20.8 Å². The molecule has 7 nitrogen and oxygen atoms in total. The predicted molar refractivity (Wildman–Crippen MR) is 105 cm³/mol. The second-order valence-corrected chi connectivity index (χ2v) is 6.83. The van der Waals surface area contributed by atoms with Crippen LogP contribution in [0, 0.1) is 0 Å². The molecule has 2 amide bonds. The first-order valence-electron chi connectivity index (χ1n) is 8.18. The molecule has 2 heterocycles. The summed E-state index contributed by atoms with van der Waals surface area (Å²) < 4.78 is 8.17. The van der Waals surface area contributed by atoms with Gasteiger partial charge in [0.2, 0.25) is 0 Å².